The topological polar surface area (TPSA) is 140 Å². The number of nitrogens with one attached hydrogen (secondary N) is 2. The smallest absolute Gasteiger partial charge is 0.382 e. The van der Waals surface area contributed by atoms with Gasteiger partial charge in [-0.15, -0.1) is 0 Å². The van der Waals surface area contributed by atoms with Gasteiger partial charge in [0.1, 0.15) is 23.5 Å². The second-order valence-electron chi connectivity index (χ2n) is 9.25. The Hall–Kier alpha value is -4.63. The van der Waals surface area contributed by atoms with Gasteiger partial charge >= 0.3 is 12.2 Å². The number of fused-ring (bicyclic) bond motifs is 1. The highest BCUT2D eigenvalue weighted by Gasteiger charge is 2.31. The highest BCUT2D eigenvalue weighted by Crippen LogP contribution is 2.37. The van der Waals surface area contributed by atoms with E-state index >= 15 is 4.39 Å². The second-order valence-corrected chi connectivity index (χ2v) is 9.25. The van der Waals surface area contributed by atoms with E-state index < -0.39 is 23.6 Å². The van der Waals surface area contributed by atoms with Gasteiger partial charge in [0.2, 0.25) is 0 Å². The molecule has 0 atom stereocenters. The number of hydrogen-bond acceptors (Lipinski definition) is 8. The summed E-state index contributed by atoms with van der Waals surface area (Å²) in [6.07, 6.45) is -2.47. The van der Waals surface area contributed by atoms with Crippen molar-refractivity contribution in [3.63, 3.8) is 0 Å². The standard InChI is InChI=1S/C26H24F4N8O3/c1-14(39)21-19(12-37-6-8-41-9-7-37)38-23(24(31)33-13-34-38)22(21)15-2-3-18(17(27)10-15)35-25(40)36-20-11-16(4-5-32-20)26(28,29)30/h2-5,10-11,13H,6-9,12H2,1H3,(H2,31,33,34)(H2,32,35,36,40). The van der Waals surface area contributed by atoms with E-state index in [2.05, 4.69) is 30.6 Å². The summed E-state index contributed by atoms with van der Waals surface area (Å²) < 4.78 is 61.1. The number of nitrogen functional groups attached to an aromatic ring is 1. The minimum atomic E-state index is -4.63. The van der Waals surface area contributed by atoms with Gasteiger partial charge in [0, 0.05) is 31.4 Å². The zero-order valence-corrected chi connectivity index (χ0v) is 21.6. The molecule has 1 saturated heterocycles. The molecular weight excluding hydrogens is 548 g/mol. The van der Waals surface area contributed by atoms with E-state index in [0.29, 0.717) is 61.3 Å². The number of rotatable bonds is 6. The van der Waals surface area contributed by atoms with Crippen molar-refractivity contribution < 1.29 is 31.9 Å². The molecule has 15 heteroatoms. The van der Waals surface area contributed by atoms with Crippen LogP contribution in [0.1, 0.15) is 28.5 Å². The van der Waals surface area contributed by atoms with Crippen LogP contribution in [0.4, 0.5) is 39.7 Å². The van der Waals surface area contributed by atoms with E-state index in [0.717, 1.165) is 18.3 Å². The lowest BCUT2D eigenvalue weighted by Crippen LogP contribution is -2.36. The number of ether oxygens (including phenoxy) is 1. The minimum Gasteiger partial charge on any atom is -0.382 e. The van der Waals surface area contributed by atoms with Crippen molar-refractivity contribution >= 4 is 34.7 Å². The van der Waals surface area contributed by atoms with Crippen molar-refractivity contribution in [2.24, 2.45) is 0 Å². The van der Waals surface area contributed by atoms with E-state index in [-0.39, 0.29) is 28.7 Å². The van der Waals surface area contributed by atoms with E-state index in [4.69, 9.17) is 10.5 Å². The normalized spacial score (nSPS) is 14.3. The van der Waals surface area contributed by atoms with Crippen LogP contribution in [0.3, 0.4) is 0 Å². The molecule has 1 aliphatic rings. The second kappa shape index (κ2) is 11.1. The van der Waals surface area contributed by atoms with E-state index in [9.17, 15) is 22.8 Å². The Morgan fingerprint density at radius 3 is 2.54 bits per heavy atom. The fourth-order valence-corrected chi connectivity index (χ4v) is 4.67. The number of pyridine rings is 1. The van der Waals surface area contributed by atoms with Gasteiger partial charge < -0.3 is 15.8 Å². The summed E-state index contributed by atoms with van der Waals surface area (Å²) in [4.78, 5) is 35.2. The summed E-state index contributed by atoms with van der Waals surface area (Å²) in [5, 5.41) is 8.72. The number of halogens is 4. The Morgan fingerprint density at radius 1 is 1.10 bits per heavy atom. The molecule has 0 aliphatic carbocycles. The number of ketones is 1. The molecule has 41 heavy (non-hydrogen) atoms. The lowest BCUT2D eigenvalue weighted by molar-refractivity contribution is -0.137. The number of aromatic nitrogens is 4. The fourth-order valence-electron chi connectivity index (χ4n) is 4.67. The summed E-state index contributed by atoms with van der Waals surface area (Å²) in [5.74, 6) is -1.44. The maximum Gasteiger partial charge on any atom is 0.416 e. The first-order chi connectivity index (χ1) is 19.5. The molecule has 3 aromatic heterocycles. The van der Waals surface area contributed by atoms with E-state index in [1.54, 1.807) is 0 Å². The van der Waals surface area contributed by atoms with Gasteiger partial charge in [-0.3, -0.25) is 15.0 Å². The molecule has 4 N–H and O–H groups in total. The third-order valence-electron chi connectivity index (χ3n) is 6.51. The van der Waals surface area contributed by atoms with Crippen LogP contribution in [0.15, 0.2) is 42.9 Å². The first-order valence-corrected chi connectivity index (χ1v) is 12.4. The number of carbonyl (C=O) groups excluding carboxylic acids is 2. The number of hydrogen-bond donors (Lipinski definition) is 3. The van der Waals surface area contributed by atoms with Crippen molar-refractivity contribution in [3.05, 3.63) is 65.5 Å². The number of nitrogens with zero attached hydrogens (tertiary/aromatic N) is 5. The van der Waals surface area contributed by atoms with Crippen LogP contribution in [-0.2, 0) is 17.5 Å². The van der Waals surface area contributed by atoms with Crippen molar-refractivity contribution in [3.8, 4) is 11.1 Å². The predicted octanol–water partition coefficient (Wildman–Crippen LogP) is 4.21. The summed E-state index contributed by atoms with van der Waals surface area (Å²) >= 11 is 0. The Balaban J connectivity index is 1.47. The number of anilines is 3. The molecule has 2 amide bonds. The molecule has 1 fully saturated rings. The predicted molar refractivity (Wildman–Crippen MR) is 141 cm³/mol. The number of urea groups is 1. The van der Waals surface area contributed by atoms with Crippen LogP contribution < -0.4 is 16.4 Å². The third-order valence-corrected chi connectivity index (χ3v) is 6.51. The molecule has 1 aliphatic heterocycles. The zero-order chi connectivity index (χ0) is 29.3. The van der Waals surface area contributed by atoms with Gasteiger partial charge in [0.15, 0.2) is 11.6 Å². The fraction of sp³-hybridized carbons (Fsp3) is 0.269. The maximum absolute atomic E-state index is 15.3. The molecule has 5 rings (SSSR count). The van der Waals surface area contributed by atoms with Crippen LogP contribution in [0.5, 0.6) is 0 Å². The largest absolute Gasteiger partial charge is 0.416 e. The number of amides is 2. The van der Waals surface area contributed by atoms with Crippen molar-refractivity contribution in [2.75, 3.05) is 42.7 Å². The number of Topliss-reactive ketones (excluding diaryl/α,β-unsaturated/α-hetero) is 1. The quantitative estimate of drug-likeness (QED) is 0.231. The average Bonchev–Trinajstić information content (AvgIpc) is 3.25. The van der Waals surface area contributed by atoms with Crippen LogP contribution >= 0.6 is 0 Å². The van der Waals surface area contributed by atoms with Crippen molar-refractivity contribution in [2.45, 2.75) is 19.6 Å². The number of morpholine rings is 1. The Labute approximate surface area is 230 Å². The Kier molecular flexibility index (Phi) is 7.55. The van der Waals surface area contributed by atoms with Gasteiger partial charge in [0.25, 0.3) is 0 Å². The number of benzene rings is 1. The average molecular weight is 573 g/mol. The van der Waals surface area contributed by atoms with Crippen LogP contribution in [0, 0.1) is 5.82 Å². The van der Waals surface area contributed by atoms with Crippen LogP contribution in [-0.4, -0.2) is 62.6 Å². The zero-order valence-electron chi connectivity index (χ0n) is 21.6. The molecule has 0 radical (unpaired) electrons. The number of carbonyl (C=O) groups is 2. The van der Waals surface area contributed by atoms with Gasteiger partial charge in [-0.2, -0.15) is 18.3 Å². The highest BCUT2D eigenvalue weighted by molar-refractivity contribution is 6.08. The lowest BCUT2D eigenvalue weighted by Gasteiger charge is -2.26. The third kappa shape index (κ3) is 5.81. The number of alkyl halides is 3. The van der Waals surface area contributed by atoms with Gasteiger partial charge in [-0.1, -0.05) is 6.07 Å². The summed E-state index contributed by atoms with van der Waals surface area (Å²) in [7, 11) is 0. The molecule has 0 bridgehead atoms. The van der Waals surface area contributed by atoms with E-state index in [1.165, 1.54) is 29.9 Å². The summed E-state index contributed by atoms with van der Waals surface area (Å²) in [6, 6.07) is 4.26. The molecule has 11 nitrogen and oxygen atoms in total. The first-order valence-electron chi connectivity index (χ1n) is 12.4. The first kappa shape index (κ1) is 27.9. The van der Waals surface area contributed by atoms with E-state index in [1.807, 2.05) is 0 Å². The molecule has 214 valence electrons. The lowest BCUT2D eigenvalue weighted by atomic mass is 9.98. The molecule has 0 saturated carbocycles. The Morgan fingerprint density at radius 2 is 1.85 bits per heavy atom. The molecule has 0 spiro atoms. The van der Waals surface area contributed by atoms with Crippen molar-refractivity contribution in [1.82, 2.24) is 24.5 Å². The van der Waals surface area contributed by atoms with Crippen LogP contribution in [0.2, 0.25) is 0 Å². The molecule has 4 aromatic rings. The molecule has 1 aromatic carbocycles. The monoisotopic (exact) mass is 572 g/mol. The SMILES string of the molecule is CC(=O)c1c(-c2ccc(NC(=O)Nc3cc(C(F)(F)F)ccn3)c(F)c2)c2c(N)ncnn2c1CN1CCOCC1. The van der Waals surface area contributed by atoms with Gasteiger partial charge in [-0.05, 0) is 36.8 Å². The highest BCUT2D eigenvalue weighted by atomic mass is 19.4. The molecular formula is C26H24F4N8O3. The van der Waals surface area contributed by atoms with Crippen LogP contribution in [0.25, 0.3) is 16.6 Å². The van der Waals surface area contributed by atoms with Gasteiger partial charge in [0.05, 0.1) is 35.7 Å². The van der Waals surface area contributed by atoms with Crippen molar-refractivity contribution in [1.29, 1.82) is 0 Å². The summed E-state index contributed by atoms with van der Waals surface area (Å²) in [5.41, 5.74) is 6.75. The van der Waals surface area contributed by atoms with Gasteiger partial charge in [-0.25, -0.2) is 23.7 Å². The number of nitrogens with two attached hydrogens (primary N) is 1. The Bertz CT molecular complexity index is 1630. The molecule has 4 heterocycles. The summed E-state index contributed by atoms with van der Waals surface area (Å²) in [6.45, 7) is 4.13. The minimum absolute atomic E-state index is 0.0845. The maximum atomic E-state index is 15.3. The molecule has 0 unspecified atom stereocenters.